The van der Waals surface area contributed by atoms with E-state index < -0.39 is 56.5 Å². The summed E-state index contributed by atoms with van der Waals surface area (Å²) >= 11 is -7.61. The van der Waals surface area contributed by atoms with E-state index >= 15 is 0 Å². The second-order valence-electron chi connectivity index (χ2n) is 7.95. The van der Waals surface area contributed by atoms with E-state index in [1.807, 2.05) is 0 Å². The molecule has 1 saturated heterocycles. The van der Waals surface area contributed by atoms with Crippen LogP contribution in [0.2, 0.25) is 17.7 Å². The Hall–Kier alpha value is 0.457. The van der Waals surface area contributed by atoms with E-state index in [2.05, 4.69) is 27.7 Å². The van der Waals surface area contributed by atoms with Crippen LogP contribution in [0.1, 0.15) is 85.5 Å². The molecule has 6 nitrogen and oxygen atoms in total. The molecule has 1 atom stereocenters. The normalized spacial score (nSPS) is 22.0. The Kier molecular flexibility index (Phi) is 13.0. The molecule has 1 N–H and O–H groups in total. The van der Waals surface area contributed by atoms with Crippen molar-refractivity contribution >= 4 is 50.3 Å². The Morgan fingerprint density at radius 1 is 0.786 bits per heavy atom. The summed E-state index contributed by atoms with van der Waals surface area (Å²) in [5.74, 6) is -1.16. The van der Waals surface area contributed by atoms with Gasteiger partial charge in [-0.2, -0.15) is 0 Å². The van der Waals surface area contributed by atoms with E-state index in [4.69, 9.17) is 7.56 Å². The Balaban J connectivity index is 3.35. The first-order valence-electron chi connectivity index (χ1n) is 11.2. The fraction of sp³-hybridized carbons (Fsp3) is 0.900. The molecule has 1 rings (SSSR count). The molecule has 8 heteroatoms. The Morgan fingerprint density at radius 3 is 1.57 bits per heavy atom. The van der Waals surface area contributed by atoms with Gasteiger partial charge in [-0.15, -0.1) is 0 Å². The van der Waals surface area contributed by atoms with Crippen molar-refractivity contribution in [1.82, 2.24) is 0 Å². The van der Waals surface area contributed by atoms with Gasteiger partial charge >= 0.3 is 182 Å². The molecule has 1 heterocycles. The van der Waals surface area contributed by atoms with Crippen molar-refractivity contribution in [2.24, 2.45) is 0 Å². The molecular formula is C20H40O6Sn2. The van der Waals surface area contributed by atoms with Crippen LogP contribution in [0.3, 0.4) is 0 Å². The molecule has 0 amide bonds. The zero-order valence-electron chi connectivity index (χ0n) is 18.3. The molecule has 0 spiro atoms. The Morgan fingerprint density at radius 2 is 1.18 bits per heavy atom. The van der Waals surface area contributed by atoms with Gasteiger partial charge in [0.15, 0.2) is 0 Å². The van der Waals surface area contributed by atoms with Gasteiger partial charge in [-0.1, -0.05) is 0 Å². The molecule has 1 unspecified atom stereocenters. The van der Waals surface area contributed by atoms with Gasteiger partial charge in [-0.3, -0.25) is 0 Å². The summed E-state index contributed by atoms with van der Waals surface area (Å²) in [6.45, 7) is 8.50. The molecule has 0 radical (unpaired) electrons. The van der Waals surface area contributed by atoms with Gasteiger partial charge in [0.2, 0.25) is 0 Å². The van der Waals surface area contributed by atoms with E-state index in [0.717, 1.165) is 69.1 Å². The van der Waals surface area contributed by atoms with Crippen molar-refractivity contribution in [2.45, 2.75) is 109 Å². The molecular weight excluding hydrogens is 574 g/mol. The number of rotatable bonds is 12. The van der Waals surface area contributed by atoms with Crippen LogP contribution in [0.5, 0.6) is 0 Å². The summed E-state index contributed by atoms with van der Waals surface area (Å²) in [4.78, 5) is 25.1. The van der Waals surface area contributed by atoms with Crippen molar-refractivity contribution in [1.29, 1.82) is 0 Å². The number of carbonyl (C=O) groups is 2. The first-order valence-corrected chi connectivity index (χ1v) is 23.9. The van der Waals surface area contributed by atoms with Gasteiger partial charge in [0.05, 0.1) is 0 Å². The van der Waals surface area contributed by atoms with Gasteiger partial charge in [0, 0.05) is 0 Å². The maximum absolute atomic E-state index is 12.6. The van der Waals surface area contributed by atoms with Crippen LogP contribution in [-0.2, 0) is 17.1 Å². The SMILES string of the molecule is CCC[CH2][Sn]1([CH2]CCC)[O]C(=O)CC(O)C(=O)[O][Sn]([CH2]CCC)([CH2]CCC)[O]1. The molecule has 1 fully saturated rings. The zero-order valence-corrected chi connectivity index (χ0v) is 24.0. The van der Waals surface area contributed by atoms with Crippen molar-refractivity contribution < 1.29 is 22.3 Å². The molecule has 0 saturated carbocycles. The van der Waals surface area contributed by atoms with E-state index in [0.29, 0.717) is 0 Å². The van der Waals surface area contributed by atoms with Crippen molar-refractivity contribution in [3.05, 3.63) is 0 Å². The van der Waals surface area contributed by atoms with E-state index in [1.165, 1.54) is 0 Å². The van der Waals surface area contributed by atoms with E-state index in [1.54, 1.807) is 0 Å². The third-order valence-electron chi connectivity index (χ3n) is 5.24. The fourth-order valence-electron chi connectivity index (χ4n) is 3.57. The number of aliphatic hydroxyl groups excluding tert-OH is 1. The third kappa shape index (κ3) is 8.68. The van der Waals surface area contributed by atoms with Crippen LogP contribution in [0.15, 0.2) is 0 Å². The first kappa shape index (κ1) is 26.5. The van der Waals surface area contributed by atoms with Crippen LogP contribution < -0.4 is 0 Å². The minimum atomic E-state index is -3.84. The van der Waals surface area contributed by atoms with Crippen LogP contribution in [-0.4, -0.2) is 61.6 Å². The molecule has 0 aromatic heterocycles. The molecule has 0 bridgehead atoms. The van der Waals surface area contributed by atoms with Crippen LogP contribution >= 0.6 is 0 Å². The topological polar surface area (TPSA) is 82.1 Å². The average Bonchev–Trinajstić information content (AvgIpc) is 2.70. The molecule has 28 heavy (non-hydrogen) atoms. The van der Waals surface area contributed by atoms with Gasteiger partial charge in [0.25, 0.3) is 0 Å². The molecule has 0 aromatic carbocycles. The van der Waals surface area contributed by atoms with E-state index in [-0.39, 0.29) is 6.42 Å². The molecule has 0 aromatic rings. The summed E-state index contributed by atoms with van der Waals surface area (Å²) in [7, 11) is 0. The number of aliphatic hydroxyl groups is 1. The average molecular weight is 614 g/mol. The van der Waals surface area contributed by atoms with Crippen LogP contribution in [0, 0.1) is 0 Å². The summed E-state index contributed by atoms with van der Waals surface area (Å²) in [6, 6.07) is 0. The monoisotopic (exact) mass is 616 g/mol. The van der Waals surface area contributed by atoms with Crippen LogP contribution in [0.4, 0.5) is 0 Å². The predicted octanol–water partition coefficient (Wildman–Crippen LogP) is 4.94. The fourth-order valence-corrected chi connectivity index (χ4v) is 44.9. The summed E-state index contributed by atoms with van der Waals surface area (Å²) in [5, 5.41) is 10.2. The number of hydrogen-bond donors (Lipinski definition) is 1. The van der Waals surface area contributed by atoms with E-state index in [9.17, 15) is 14.7 Å². The van der Waals surface area contributed by atoms with Crippen molar-refractivity contribution in [3.8, 4) is 0 Å². The molecule has 1 aliphatic heterocycles. The van der Waals surface area contributed by atoms with Gasteiger partial charge < -0.3 is 0 Å². The Labute approximate surface area is 181 Å². The molecule has 0 aliphatic carbocycles. The number of unbranched alkanes of at least 4 members (excludes halogenated alkanes) is 4. The van der Waals surface area contributed by atoms with Gasteiger partial charge in [-0.05, 0) is 0 Å². The second kappa shape index (κ2) is 13.7. The third-order valence-corrected chi connectivity index (χ3v) is 37.7. The van der Waals surface area contributed by atoms with Crippen LogP contribution in [0.25, 0.3) is 0 Å². The van der Waals surface area contributed by atoms with Gasteiger partial charge in [-0.25, -0.2) is 0 Å². The summed E-state index contributed by atoms with van der Waals surface area (Å²) < 4.78 is 22.4. The summed E-state index contributed by atoms with van der Waals surface area (Å²) in [6.07, 6.45) is 6.10. The predicted molar refractivity (Wildman–Crippen MR) is 114 cm³/mol. The Bertz CT molecular complexity index is 469. The maximum atomic E-state index is 12.6. The van der Waals surface area contributed by atoms with Crippen molar-refractivity contribution in [2.75, 3.05) is 0 Å². The number of carbonyl (C=O) groups excluding carboxylic acids is 2. The van der Waals surface area contributed by atoms with Crippen molar-refractivity contribution in [3.63, 3.8) is 0 Å². The quantitative estimate of drug-likeness (QED) is 0.314. The molecule has 1 aliphatic rings. The van der Waals surface area contributed by atoms with Gasteiger partial charge in [0.1, 0.15) is 0 Å². The second-order valence-corrected chi connectivity index (χ2v) is 29.7. The standard InChI is InChI=1S/C4H6O5.4C4H9.O.2Sn/c5-2(4(8)9)1-3(6)7;4*1-3-4-2;;;/h2,5H,1H2,(H,6,7)(H,8,9);4*1,3-4H2,2H3;;;/q;;;;;;2*+1/p-2. The molecule has 164 valence electrons. The zero-order chi connectivity index (χ0) is 21.0. The minimum absolute atomic E-state index is 0.317. The summed E-state index contributed by atoms with van der Waals surface area (Å²) in [5.41, 5.74) is 0. The number of hydrogen-bond acceptors (Lipinski definition) is 6. The first-order chi connectivity index (χ1) is 13.4.